The van der Waals surface area contributed by atoms with Crippen LogP contribution < -0.4 is 16.4 Å². The zero-order valence-corrected chi connectivity index (χ0v) is 9.03. The lowest BCUT2D eigenvalue weighted by molar-refractivity contribution is -0.140. The van der Waals surface area contributed by atoms with Crippen LogP contribution in [0.1, 0.15) is 6.42 Å². The molecule has 0 aromatic carbocycles. The van der Waals surface area contributed by atoms with E-state index in [0.29, 0.717) is 0 Å². The minimum absolute atomic E-state index is 0.0989. The van der Waals surface area contributed by atoms with E-state index in [9.17, 15) is 14.4 Å². The largest absolute Gasteiger partial charge is 0.480 e. The normalized spacial score (nSPS) is 11.3. The number of rotatable bonds is 5. The second-order valence-corrected chi connectivity index (χ2v) is 3.13. The van der Waals surface area contributed by atoms with Crippen LogP contribution in [0.4, 0.5) is 10.7 Å². The number of nitrogens with zero attached hydrogens (tertiary/aromatic N) is 3. The standard InChI is InChI=1S/C8H10N6O4/c9-5(15)3-4(6(16)17)12-8(18)13-7-10-1-2-11-14-7/h1-2,4H,3H2,(H2,9,15)(H,16,17)(H2,10,12,13,14,18)/t4-/m0/s1. The summed E-state index contributed by atoms with van der Waals surface area (Å²) < 4.78 is 0. The summed E-state index contributed by atoms with van der Waals surface area (Å²) in [6.45, 7) is 0. The van der Waals surface area contributed by atoms with Gasteiger partial charge in [-0.15, -0.1) is 5.10 Å². The van der Waals surface area contributed by atoms with Crippen LogP contribution in [0.2, 0.25) is 0 Å². The smallest absolute Gasteiger partial charge is 0.326 e. The molecular formula is C8H10N6O4. The van der Waals surface area contributed by atoms with Crippen molar-refractivity contribution in [1.82, 2.24) is 20.5 Å². The van der Waals surface area contributed by atoms with Crippen LogP contribution in [0.15, 0.2) is 12.4 Å². The van der Waals surface area contributed by atoms with Gasteiger partial charge in [-0.2, -0.15) is 5.10 Å². The lowest BCUT2D eigenvalue weighted by Crippen LogP contribution is -2.45. The number of aromatic nitrogens is 3. The molecule has 0 fully saturated rings. The van der Waals surface area contributed by atoms with Gasteiger partial charge < -0.3 is 16.2 Å². The Bertz CT molecular complexity index is 450. The predicted octanol–water partition coefficient (Wildman–Crippen LogP) is -1.68. The summed E-state index contributed by atoms with van der Waals surface area (Å²) in [5.74, 6) is -2.32. The van der Waals surface area contributed by atoms with E-state index in [1.165, 1.54) is 12.4 Å². The van der Waals surface area contributed by atoms with Crippen molar-refractivity contribution in [2.75, 3.05) is 5.32 Å². The minimum Gasteiger partial charge on any atom is -0.480 e. The summed E-state index contributed by atoms with van der Waals surface area (Å²) in [5.41, 5.74) is 4.85. The molecular weight excluding hydrogens is 244 g/mol. The molecule has 3 amide bonds. The number of nitrogens with one attached hydrogen (secondary N) is 2. The van der Waals surface area contributed by atoms with E-state index >= 15 is 0 Å². The number of nitrogens with two attached hydrogens (primary N) is 1. The fourth-order valence-corrected chi connectivity index (χ4v) is 1.00. The zero-order valence-electron chi connectivity index (χ0n) is 9.03. The van der Waals surface area contributed by atoms with Crippen LogP contribution in [0, 0.1) is 0 Å². The van der Waals surface area contributed by atoms with Crippen molar-refractivity contribution >= 4 is 23.9 Å². The Morgan fingerprint density at radius 2 is 2.11 bits per heavy atom. The zero-order chi connectivity index (χ0) is 13.5. The van der Waals surface area contributed by atoms with Crippen molar-refractivity contribution in [1.29, 1.82) is 0 Å². The number of hydrogen-bond acceptors (Lipinski definition) is 6. The number of carbonyl (C=O) groups excluding carboxylic acids is 2. The molecule has 0 bridgehead atoms. The molecule has 18 heavy (non-hydrogen) atoms. The van der Waals surface area contributed by atoms with Gasteiger partial charge in [-0.3, -0.25) is 10.1 Å². The Balaban J connectivity index is 2.56. The fraction of sp³-hybridized carbons (Fsp3) is 0.250. The maximum atomic E-state index is 11.4. The van der Waals surface area contributed by atoms with Gasteiger partial charge in [0.25, 0.3) is 5.95 Å². The van der Waals surface area contributed by atoms with Gasteiger partial charge in [-0.25, -0.2) is 14.6 Å². The monoisotopic (exact) mass is 254 g/mol. The molecule has 10 heteroatoms. The van der Waals surface area contributed by atoms with E-state index in [-0.39, 0.29) is 5.95 Å². The highest BCUT2D eigenvalue weighted by Crippen LogP contribution is 1.95. The third kappa shape index (κ3) is 4.38. The molecule has 0 aliphatic rings. The number of urea groups is 1. The van der Waals surface area contributed by atoms with Gasteiger partial charge in [0.05, 0.1) is 18.8 Å². The summed E-state index contributed by atoms with van der Waals surface area (Å²) in [4.78, 5) is 36.3. The van der Waals surface area contributed by atoms with Gasteiger partial charge in [0, 0.05) is 0 Å². The Morgan fingerprint density at radius 1 is 1.39 bits per heavy atom. The molecule has 0 spiro atoms. The quantitative estimate of drug-likeness (QED) is 0.488. The van der Waals surface area contributed by atoms with Crippen LogP contribution >= 0.6 is 0 Å². The van der Waals surface area contributed by atoms with Gasteiger partial charge in [0.1, 0.15) is 6.04 Å². The van der Waals surface area contributed by atoms with Crippen LogP contribution in [-0.4, -0.2) is 44.2 Å². The molecule has 0 aliphatic heterocycles. The molecule has 0 unspecified atom stereocenters. The average Bonchev–Trinajstić information content (AvgIpc) is 2.28. The van der Waals surface area contributed by atoms with Gasteiger partial charge >= 0.3 is 12.0 Å². The maximum Gasteiger partial charge on any atom is 0.326 e. The Kier molecular flexibility index (Phi) is 4.49. The number of primary amides is 1. The number of carboxylic acid groups (broad SMARTS) is 1. The molecule has 1 heterocycles. The predicted molar refractivity (Wildman–Crippen MR) is 57.2 cm³/mol. The van der Waals surface area contributed by atoms with Gasteiger partial charge in [-0.05, 0) is 0 Å². The number of aliphatic carboxylic acids is 1. The molecule has 1 aromatic rings. The van der Waals surface area contributed by atoms with Crippen LogP contribution in [-0.2, 0) is 9.59 Å². The summed E-state index contributed by atoms with van der Waals surface area (Å²) in [5, 5.41) is 19.8. The second-order valence-electron chi connectivity index (χ2n) is 3.13. The first-order chi connectivity index (χ1) is 8.49. The van der Waals surface area contributed by atoms with Crippen molar-refractivity contribution in [3.63, 3.8) is 0 Å². The van der Waals surface area contributed by atoms with E-state index in [1.807, 2.05) is 5.32 Å². The highest BCUT2D eigenvalue weighted by Gasteiger charge is 2.22. The number of amides is 3. The van der Waals surface area contributed by atoms with Crippen molar-refractivity contribution in [3.05, 3.63) is 12.4 Å². The lowest BCUT2D eigenvalue weighted by Gasteiger charge is -2.12. The summed E-state index contributed by atoms with van der Waals surface area (Å²) in [6.07, 6.45) is 2.08. The van der Waals surface area contributed by atoms with E-state index in [2.05, 4.69) is 20.5 Å². The van der Waals surface area contributed by atoms with Gasteiger partial charge in [0.15, 0.2) is 0 Å². The number of carbonyl (C=O) groups is 3. The summed E-state index contributed by atoms with van der Waals surface area (Å²) >= 11 is 0. The lowest BCUT2D eigenvalue weighted by atomic mass is 10.2. The number of carboxylic acids is 1. The average molecular weight is 254 g/mol. The first-order valence-corrected chi connectivity index (χ1v) is 4.71. The number of hydrogen-bond donors (Lipinski definition) is 4. The first-order valence-electron chi connectivity index (χ1n) is 4.71. The van der Waals surface area contributed by atoms with E-state index in [4.69, 9.17) is 10.8 Å². The highest BCUT2D eigenvalue weighted by molar-refractivity contribution is 5.92. The van der Waals surface area contributed by atoms with Gasteiger partial charge in [-0.1, -0.05) is 0 Å². The summed E-state index contributed by atoms with van der Waals surface area (Å²) in [7, 11) is 0. The molecule has 10 nitrogen and oxygen atoms in total. The topological polar surface area (TPSA) is 160 Å². The molecule has 0 saturated heterocycles. The SMILES string of the molecule is NC(=O)C[C@H](NC(=O)Nc1nccnn1)C(=O)O. The first kappa shape index (κ1) is 13.3. The summed E-state index contributed by atoms with van der Waals surface area (Å²) in [6, 6.07) is -2.30. The third-order valence-electron chi connectivity index (χ3n) is 1.72. The van der Waals surface area contributed by atoms with E-state index < -0.39 is 30.4 Å². The molecule has 5 N–H and O–H groups in total. The molecule has 0 saturated carbocycles. The van der Waals surface area contributed by atoms with E-state index in [0.717, 1.165) is 0 Å². The molecule has 0 aliphatic carbocycles. The van der Waals surface area contributed by atoms with Crippen molar-refractivity contribution in [3.8, 4) is 0 Å². The number of anilines is 1. The van der Waals surface area contributed by atoms with Gasteiger partial charge in [0.2, 0.25) is 5.91 Å². The van der Waals surface area contributed by atoms with Crippen molar-refractivity contribution < 1.29 is 19.5 Å². The highest BCUT2D eigenvalue weighted by atomic mass is 16.4. The molecule has 96 valence electrons. The third-order valence-corrected chi connectivity index (χ3v) is 1.72. The minimum atomic E-state index is -1.42. The van der Waals surface area contributed by atoms with Crippen LogP contribution in [0.3, 0.4) is 0 Å². The van der Waals surface area contributed by atoms with Crippen molar-refractivity contribution in [2.24, 2.45) is 5.73 Å². The molecule has 1 aromatic heterocycles. The molecule has 0 radical (unpaired) electrons. The van der Waals surface area contributed by atoms with Crippen LogP contribution in [0.25, 0.3) is 0 Å². The Hall–Kier alpha value is -2.78. The maximum absolute atomic E-state index is 11.4. The Labute approximate surface area is 101 Å². The Morgan fingerprint density at radius 3 is 2.61 bits per heavy atom. The van der Waals surface area contributed by atoms with Crippen molar-refractivity contribution in [2.45, 2.75) is 12.5 Å². The van der Waals surface area contributed by atoms with Crippen LogP contribution in [0.5, 0.6) is 0 Å². The van der Waals surface area contributed by atoms with E-state index in [1.54, 1.807) is 0 Å². The molecule has 1 atom stereocenters. The second kappa shape index (κ2) is 6.08. The molecule has 1 rings (SSSR count). The fourth-order valence-electron chi connectivity index (χ4n) is 1.00.